The Morgan fingerprint density at radius 2 is 1.92 bits per heavy atom. The molecule has 1 aliphatic heterocycles. The van der Waals surface area contributed by atoms with Gasteiger partial charge in [0.1, 0.15) is 12.4 Å². The molecule has 1 aliphatic rings. The second-order valence-corrected chi connectivity index (χ2v) is 5.22. The number of hydrogen-bond acceptors (Lipinski definition) is 4. The number of carbonyl (C=O) groups excluding carboxylic acids is 1. The van der Waals surface area contributed by atoms with Gasteiger partial charge in [0.25, 0.3) is 0 Å². The van der Waals surface area contributed by atoms with Crippen LogP contribution in [0.3, 0.4) is 0 Å². The van der Waals surface area contributed by atoms with Gasteiger partial charge in [-0.3, -0.25) is 0 Å². The minimum Gasteiger partial charge on any atom is -0.489 e. The largest absolute Gasteiger partial charge is 0.489 e. The molecule has 132 valence electrons. The van der Waals surface area contributed by atoms with Gasteiger partial charge in [0.05, 0.1) is 6.54 Å². The van der Waals surface area contributed by atoms with Gasteiger partial charge in [0, 0.05) is 12.6 Å². The smallest absolute Gasteiger partial charge is 0.315 e. The van der Waals surface area contributed by atoms with Crippen molar-refractivity contribution in [2.24, 2.45) is 0 Å². The fourth-order valence-corrected chi connectivity index (χ4v) is 2.21. The zero-order chi connectivity index (χ0) is 17.6. The van der Waals surface area contributed by atoms with Crippen LogP contribution in [0, 0.1) is 11.6 Å². The SMILES string of the molecule is O=C(NCCOc1ccc(F)cc1F)NCc1ccc2c(c1)OCO2. The average molecular weight is 350 g/mol. The Morgan fingerprint density at radius 1 is 1.08 bits per heavy atom. The second kappa shape index (κ2) is 7.69. The highest BCUT2D eigenvalue weighted by molar-refractivity contribution is 5.73. The van der Waals surface area contributed by atoms with Crippen LogP contribution in [0.4, 0.5) is 13.6 Å². The van der Waals surface area contributed by atoms with E-state index in [0.29, 0.717) is 18.0 Å². The normalized spacial score (nSPS) is 11.9. The number of halogens is 2. The number of fused-ring (bicyclic) bond motifs is 1. The molecule has 8 heteroatoms. The molecule has 3 rings (SSSR count). The van der Waals surface area contributed by atoms with E-state index >= 15 is 0 Å². The van der Waals surface area contributed by atoms with E-state index in [9.17, 15) is 13.6 Å². The van der Waals surface area contributed by atoms with Gasteiger partial charge in [-0.1, -0.05) is 6.07 Å². The molecule has 2 N–H and O–H groups in total. The van der Waals surface area contributed by atoms with E-state index in [1.54, 1.807) is 12.1 Å². The maximum absolute atomic E-state index is 13.4. The summed E-state index contributed by atoms with van der Waals surface area (Å²) in [6, 6.07) is 8.05. The Morgan fingerprint density at radius 3 is 2.76 bits per heavy atom. The Hall–Kier alpha value is -3.03. The van der Waals surface area contributed by atoms with E-state index < -0.39 is 11.6 Å². The maximum atomic E-state index is 13.4. The monoisotopic (exact) mass is 350 g/mol. The maximum Gasteiger partial charge on any atom is 0.315 e. The minimum absolute atomic E-state index is 0.0556. The van der Waals surface area contributed by atoms with Crippen LogP contribution in [-0.4, -0.2) is 26.0 Å². The van der Waals surface area contributed by atoms with E-state index in [1.807, 2.05) is 6.07 Å². The lowest BCUT2D eigenvalue weighted by atomic mass is 10.2. The standard InChI is InChI=1S/C17H16F2N2O4/c18-12-2-4-14(13(19)8-12)23-6-5-20-17(22)21-9-11-1-3-15-16(7-11)25-10-24-15/h1-4,7-8H,5-6,9-10H2,(H2,20,21,22). The van der Waals surface area contributed by atoms with Gasteiger partial charge in [-0.25, -0.2) is 13.6 Å². The summed E-state index contributed by atoms with van der Waals surface area (Å²) in [6.45, 7) is 0.737. The first-order valence-corrected chi connectivity index (χ1v) is 7.60. The molecule has 0 fully saturated rings. The number of benzene rings is 2. The van der Waals surface area contributed by atoms with Gasteiger partial charge >= 0.3 is 6.03 Å². The lowest BCUT2D eigenvalue weighted by Gasteiger charge is -2.10. The first-order valence-electron chi connectivity index (χ1n) is 7.60. The number of rotatable bonds is 6. The zero-order valence-corrected chi connectivity index (χ0v) is 13.2. The van der Waals surface area contributed by atoms with Gasteiger partial charge in [-0.15, -0.1) is 0 Å². The van der Waals surface area contributed by atoms with Crippen LogP contribution in [-0.2, 0) is 6.54 Å². The molecule has 2 aromatic carbocycles. The van der Waals surface area contributed by atoms with Crippen molar-refractivity contribution in [3.8, 4) is 17.2 Å². The summed E-state index contributed by atoms with van der Waals surface area (Å²) in [4.78, 5) is 11.7. The van der Waals surface area contributed by atoms with Crippen LogP contribution in [0.2, 0.25) is 0 Å². The van der Waals surface area contributed by atoms with Gasteiger partial charge in [-0.2, -0.15) is 0 Å². The second-order valence-electron chi connectivity index (χ2n) is 5.22. The van der Waals surface area contributed by atoms with Crippen LogP contribution < -0.4 is 24.8 Å². The van der Waals surface area contributed by atoms with Crippen LogP contribution in [0.1, 0.15) is 5.56 Å². The Bertz CT molecular complexity index is 770. The minimum atomic E-state index is -0.785. The molecule has 2 aromatic rings. The van der Waals surface area contributed by atoms with Gasteiger partial charge in [0.15, 0.2) is 23.1 Å². The van der Waals surface area contributed by atoms with Crippen molar-refractivity contribution in [2.75, 3.05) is 19.9 Å². The highest BCUT2D eigenvalue weighted by atomic mass is 19.1. The van der Waals surface area contributed by atoms with Crippen molar-refractivity contribution in [3.63, 3.8) is 0 Å². The number of urea groups is 1. The van der Waals surface area contributed by atoms with Crippen molar-refractivity contribution >= 4 is 6.03 Å². The first-order chi connectivity index (χ1) is 12.1. The third-order valence-electron chi connectivity index (χ3n) is 3.43. The molecule has 0 aliphatic carbocycles. The lowest BCUT2D eigenvalue weighted by molar-refractivity contribution is 0.174. The van der Waals surface area contributed by atoms with Crippen LogP contribution >= 0.6 is 0 Å². The zero-order valence-electron chi connectivity index (χ0n) is 13.2. The number of hydrogen-bond donors (Lipinski definition) is 2. The number of nitrogens with one attached hydrogen (secondary N) is 2. The first kappa shape index (κ1) is 16.8. The molecular weight excluding hydrogens is 334 g/mol. The third kappa shape index (κ3) is 4.50. The van der Waals surface area contributed by atoms with Gasteiger partial charge < -0.3 is 24.8 Å². The van der Waals surface area contributed by atoms with Crippen LogP contribution in [0.5, 0.6) is 17.2 Å². The summed E-state index contributed by atoms with van der Waals surface area (Å²) in [7, 11) is 0. The molecule has 6 nitrogen and oxygen atoms in total. The summed E-state index contributed by atoms with van der Waals surface area (Å²) in [5.74, 6) is -0.199. The number of carbonyl (C=O) groups is 1. The third-order valence-corrected chi connectivity index (χ3v) is 3.43. The predicted molar refractivity (Wildman–Crippen MR) is 84.7 cm³/mol. The highest BCUT2D eigenvalue weighted by Crippen LogP contribution is 2.32. The van der Waals surface area contributed by atoms with Crippen LogP contribution in [0.25, 0.3) is 0 Å². The molecule has 0 bridgehead atoms. The van der Waals surface area contributed by atoms with Crippen molar-refractivity contribution in [2.45, 2.75) is 6.54 Å². The molecule has 2 amide bonds. The topological polar surface area (TPSA) is 68.8 Å². The Kier molecular flexibility index (Phi) is 5.17. The lowest BCUT2D eigenvalue weighted by Crippen LogP contribution is -2.37. The van der Waals surface area contributed by atoms with E-state index in [2.05, 4.69) is 10.6 Å². The van der Waals surface area contributed by atoms with Gasteiger partial charge in [-0.05, 0) is 29.8 Å². The van der Waals surface area contributed by atoms with E-state index in [1.165, 1.54) is 6.07 Å². The van der Waals surface area contributed by atoms with E-state index in [4.69, 9.17) is 14.2 Å². The summed E-state index contributed by atoms with van der Waals surface area (Å²) in [6.07, 6.45) is 0. The summed E-state index contributed by atoms with van der Waals surface area (Å²) < 4.78 is 41.7. The fraction of sp³-hybridized carbons (Fsp3) is 0.235. The van der Waals surface area contributed by atoms with Crippen molar-refractivity contribution < 1.29 is 27.8 Å². The van der Waals surface area contributed by atoms with Crippen molar-refractivity contribution in [1.29, 1.82) is 0 Å². The Labute approximate surface area is 142 Å². The number of ether oxygens (including phenoxy) is 3. The summed E-state index contributed by atoms with van der Waals surface area (Å²) in [5.41, 5.74) is 0.865. The average Bonchev–Trinajstić information content (AvgIpc) is 3.06. The summed E-state index contributed by atoms with van der Waals surface area (Å²) in [5, 5.41) is 5.26. The highest BCUT2D eigenvalue weighted by Gasteiger charge is 2.13. The molecule has 0 atom stereocenters. The molecule has 1 heterocycles. The Balaban J connectivity index is 1.37. The molecule has 0 saturated carbocycles. The molecule has 0 spiro atoms. The molecule has 25 heavy (non-hydrogen) atoms. The predicted octanol–water partition coefficient (Wildman–Crippen LogP) is 2.57. The molecule has 0 radical (unpaired) electrons. The molecule has 0 aromatic heterocycles. The van der Waals surface area contributed by atoms with Crippen molar-refractivity contribution in [1.82, 2.24) is 10.6 Å². The quantitative estimate of drug-likeness (QED) is 0.786. The van der Waals surface area contributed by atoms with Crippen LogP contribution in [0.15, 0.2) is 36.4 Å². The fourth-order valence-electron chi connectivity index (χ4n) is 2.21. The molecule has 0 saturated heterocycles. The molecule has 0 unspecified atom stereocenters. The summed E-state index contributed by atoms with van der Waals surface area (Å²) >= 11 is 0. The molecular formula is C17H16F2N2O4. The van der Waals surface area contributed by atoms with Gasteiger partial charge in [0.2, 0.25) is 6.79 Å². The van der Waals surface area contributed by atoms with E-state index in [-0.39, 0.29) is 31.7 Å². The van der Waals surface area contributed by atoms with E-state index in [0.717, 1.165) is 17.7 Å². The number of amides is 2. The van der Waals surface area contributed by atoms with Crippen molar-refractivity contribution in [3.05, 3.63) is 53.6 Å².